The van der Waals surface area contributed by atoms with Crippen molar-refractivity contribution in [3.8, 4) is 5.69 Å². The third-order valence-electron chi connectivity index (χ3n) is 4.43. The average molecular weight is 395 g/mol. The molecule has 2 aromatic heterocycles. The monoisotopic (exact) mass is 395 g/mol. The predicted octanol–water partition coefficient (Wildman–Crippen LogP) is 2.92. The Kier molecular flexibility index (Phi) is 4.63. The molecule has 0 bridgehead atoms. The van der Waals surface area contributed by atoms with Crippen LogP contribution < -0.4 is 16.6 Å². The minimum atomic E-state index is -0.746. The quantitative estimate of drug-likeness (QED) is 0.554. The third kappa shape index (κ3) is 3.62. The molecule has 4 rings (SSSR count). The Bertz CT molecular complexity index is 1320. The lowest BCUT2D eigenvalue weighted by Gasteiger charge is -2.14. The molecule has 29 heavy (non-hydrogen) atoms. The van der Waals surface area contributed by atoms with E-state index in [2.05, 4.69) is 20.3 Å². The van der Waals surface area contributed by atoms with Crippen molar-refractivity contribution in [1.29, 1.82) is 0 Å². The lowest BCUT2D eigenvalue weighted by molar-refractivity contribution is 0.625. The summed E-state index contributed by atoms with van der Waals surface area (Å²) in [6, 6.07) is 10.9. The lowest BCUT2D eigenvalue weighted by Crippen LogP contribution is -2.34. The van der Waals surface area contributed by atoms with E-state index in [-0.39, 0.29) is 34.5 Å². The van der Waals surface area contributed by atoms with Crippen molar-refractivity contribution < 1.29 is 8.78 Å². The molecule has 0 aliphatic rings. The number of nitrogens with zero attached hydrogens (tertiary/aromatic N) is 3. The van der Waals surface area contributed by atoms with Gasteiger partial charge in [-0.25, -0.2) is 23.1 Å². The van der Waals surface area contributed by atoms with Crippen LogP contribution in [0, 0.1) is 11.6 Å². The maximum Gasteiger partial charge on any atom is 0.334 e. The summed E-state index contributed by atoms with van der Waals surface area (Å²) in [5, 5.41) is 3.11. The summed E-state index contributed by atoms with van der Waals surface area (Å²) in [6.45, 7) is 1.84. The van der Waals surface area contributed by atoms with Crippen molar-refractivity contribution >= 4 is 17.0 Å². The number of nitrogens with one attached hydrogen (secondary N) is 2. The van der Waals surface area contributed by atoms with Crippen molar-refractivity contribution in [3.63, 3.8) is 0 Å². The first-order valence-electron chi connectivity index (χ1n) is 8.72. The molecule has 0 saturated heterocycles. The molecule has 0 spiro atoms. The fourth-order valence-corrected chi connectivity index (χ4v) is 2.95. The van der Waals surface area contributed by atoms with Gasteiger partial charge in [-0.1, -0.05) is 18.2 Å². The maximum atomic E-state index is 13.5. The van der Waals surface area contributed by atoms with Gasteiger partial charge in [0, 0.05) is 6.20 Å². The minimum absolute atomic E-state index is 0.0523. The summed E-state index contributed by atoms with van der Waals surface area (Å²) in [5.74, 6) is -0.720. The second kappa shape index (κ2) is 7.27. The smallest absolute Gasteiger partial charge is 0.334 e. The summed E-state index contributed by atoms with van der Waals surface area (Å²) >= 11 is 0. The largest absolute Gasteiger partial charge is 0.348 e. The predicted molar refractivity (Wildman–Crippen MR) is 104 cm³/mol. The Morgan fingerprint density at radius 2 is 1.83 bits per heavy atom. The van der Waals surface area contributed by atoms with Crippen LogP contribution in [0.15, 0.2) is 64.3 Å². The molecule has 1 unspecified atom stereocenters. The first-order chi connectivity index (χ1) is 13.9. The third-order valence-corrected chi connectivity index (χ3v) is 4.43. The highest BCUT2D eigenvalue weighted by Crippen LogP contribution is 2.18. The number of benzene rings is 2. The zero-order valence-corrected chi connectivity index (χ0v) is 15.2. The first-order valence-corrected chi connectivity index (χ1v) is 8.72. The molecule has 4 aromatic rings. The van der Waals surface area contributed by atoms with E-state index >= 15 is 0 Å². The standard InChI is InChI=1S/C20H15F2N5O2/c1-11(12-5-7-13(21)8-6-12)24-19-23-10-16-17(25-19)26-20(29)27(18(16)28)15-4-2-3-14(22)9-15/h2-11H,1H3,(H2,23,24,25,26,29). The molecule has 2 aromatic carbocycles. The Balaban J connectivity index is 1.72. The molecular weight excluding hydrogens is 380 g/mol. The number of fused-ring (bicyclic) bond motifs is 1. The Morgan fingerprint density at radius 1 is 1.07 bits per heavy atom. The molecule has 0 amide bonds. The molecule has 0 saturated carbocycles. The fraction of sp³-hybridized carbons (Fsp3) is 0.100. The van der Waals surface area contributed by atoms with E-state index in [1.165, 1.54) is 36.5 Å². The summed E-state index contributed by atoms with van der Waals surface area (Å²) in [5.41, 5.74) is -0.441. The lowest BCUT2D eigenvalue weighted by atomic mass is 10.1. The van der Waals surface area contributed by atoms with Crippen molar-refractivity contribution in [1.82, 2.24) is 19.5 Å². The Labute approximate surface area is 162 Å². The van der Waals surface area contributed by atoms with Gasteiger partial charge in [0.25, 0.3) is 5.56 Å². The summed E-state index contributed by atoms with van der Waals surface area (Å²) in [6.07, 6.45) is 1.29. The van der Waals surface area contributed by atoms with Gasteiger partial charge in [-0.2, -0.15) is 4.98 Å². The zero-order chi connectivity index (χ0) is 20.5. The normalized spacial score (nSPS) is 12.1. The topological polar surface area (TPSA) is 92.7 Å². The van der Waals surface area contributed by atoms with Crippen LogP contribution in [0.3, 0.4) is 0 Å². The zero-order valence-electron chi connectivity index (χ0n) is 15.2. The van der Waals surface area contributed by atoms with Crippen LogP contribution in [0.25, 0.3) is 16.7 Å². The van der Waals surface area contributed by atoms with Crippen LogP contribution in [0.1, 0.15) is 18.5 Å². The number of aromatic amines is 1. The highest BCUT2D eigenvalue weighted by Gasteiger charge is 2.13. The number of H-pyrrole nitrogens is 1. The van der Waals surface area contributed by atoms with Crippen LogP contribution in [-0.2, 0) is 0 Å². The molecule has 0 aliphatic carbocycles. The van der Waals surface area contributed by atoms with Gasteiger partial charge < -0.3 is 5.32 Å². The van der Waals surface area contributed by atoms with Crippen molar-refractivity contribution in [2.45, 2.75) is 13.0 Å². The molecular formula is C20H15F2N5O2. The number of hydrogen-bond donors (Lipinski definition) is 2. The van der Waals surface area contributed by atoms with Gasteiger partial charge in [0.2, 0.25) is 5.95 Å². The molecule has 2 heterocycles. The second-order valence-electron chi connectivity index (χ2n) is 6.42. The van der Waals surface area contributed by atoms with Crippen LogP contribution in [-0.4, -0.2) is 19.5 Å². The number of anilines is 1. The van der Waals surface area contributed by atoms with Crippen LogP contribution >= 0.6 is 0 Å². The first kappa shape index (κ1) is 18.5. The van der Waals surface area contributed by atoms with Crippen molar-refractivity contribution in [3.05, 3.63) is 92.8 Å². The molecule has 9 heteroatoms. The van der Waals surface area contributed by atoms with Gasteiger partial charge in [0.1, 0.15) is 17.0 Å². The van der Waals surface area contributed by atoms with Gasteiger partial charge in [-0.15, -0.1) is 0 Å². The van der Waals surface area contributed by atoms with E-state index in [0.717, 1.165) is 16.2 Å². The molecule has 0 aliphatic heterocycles. The highest BCUT2D eigenvalue weighted by molar-refractivity contribution is 5.73. The van der Waals surface area contributed by atoms with Gasteiger partial charge >= 0.3 is 5.69 Å². The van der Waals surface area contributed by atoms with Gasteiger partial charge in [0.05, 0.1) is 11.7 Å². The van der Waals surface area contributed by atoms with Crippen LogP contribution in [0.4, 0.5) is 14.7 Å². The highest BCUT2D eigenvalue weighted by atomic mass is 19.1. The number of rotatable bonds is 4. The molecule has 7 nitrogen and oxygen atoms in total. The molecule has 2 N–H and O–H groups in total. The summed E-state index contributed by atoms with van der Waals surface area (Å²) < 4.78 is 27.4. The average Bonchev–Trinajstić information content (AvgIpc) is 2.68. The van der Waals surface area contributed by atoms with Gasteiger partial charge in [0.15, 0.2) is 5.65 Å². The fourth-order valence-electron chi connectivity index (χ4n) is 2.95. The van der Waals surface area contributed by atoms with E-state index in [0.29, 0.717) is 0 Å². The van der Waals surface area contributed by atoms with E-state index in [1.54, 1.807) is 12.1 Å². The van der Waals surface area contributed by atoms with E-state index in [4.69, 9.17) is 0 Å². The van der Waals surface area contributed by atoms with Crippen LogP contribution in [0.2, 0.25) is 0 Å². The summed E-state index contributed by atoms with van der Waals surface area (Å²) in [4.78, 5) is 36.0. The van der Waals surface area contributed by atoms with Gasteiger partial charge in [-0.3, -0.25) is 9.78 Å². The van der Waals surface area contributed by atoms with Gasteiger partial charge in [-0.05, 0) is 42.8 Å². The van der Waals surface area contributed by atoms with Crippen molar-refractivity contribution in [2.75, 3.05) is 5.32 Å². The van der Waals surface area contributed by atoms with Crippen molar-refractivity contribution in [2.24, 2.45) is 0 Å². The second-order valence-corrected chi connectivity index (χ2v) is 6.42. The van der Waals surface area contributed by atoms with E-state index in [1.807, 2.05) is 6.92 Å². The van der Waals surface area contributed by atoms with Crippen LogP contribution in [0.5, 0.6) is 0 Å². The SMILES string of the molecule is CC(Nc1ncc2c(=O)n(-c3cccc(F)c3)c(=O)[nH]c2n1)c1ccc(F)cc1. The van der Waals surface area contributed by atoms with E-state index < -0.39 is 17.1 Å². The minimum Gasteiger partial charge on any atom is -0.348 e. The molecule has 1 atom stereocenters. The summed E-state index contributed by atoms with van der Waals surface area (Å²) in [7, 11) is 0. The Morgan fingerprint density at radius 3 is 2.55 bits per heavy atom. The number of aromatic nitrogens is 4. The Hall–Kier alpha value is -3.88. The molecule has 146 valence electrons. The molecule has 0 radical (unpaired) electrons. The number of halogens is 2. The molecule has 0 fully saturated rings. The van der Waals surface area contributed by atoms with E-state index in [9.17, 15) is 18.4 Å². The maximum absolute atomic E-state index is 13.5. The number of hydrogen-bond acceptors (Lipinski definition) is 5.